The summed E-state index contributed by atoms with van der Waals surface area (Å²) >= 11 is 2.00. The summed E-state index contributed by atoms with van der Waals surface area (Å²) < 4.78 is 4.82. The first-order valence-corrected chi connectivity index (χ1v) is 8.10. The molecule has 1 aliphatic heterocycles. The highest BCUT2D eigenvalue weighted by Crippen LogP contribution is 2.35. The Hall–Kier alpha value is -1.16. The third kappa shape index (κ3) is 3.48. The van der Waals surface area contributed by atoms with Crippen molar-refractivity contribution in [2.24, 2.45) is 5.41 Å². The number of benzene rings is 1. The van der Waals surface area contributed by atoms with Crippen molar-refractivity contribution >= 4 is 23.4 Å². The first-order valence-electron chi connectivity index (χ1n) is 6.95. The van der Waals surface area contributed by atoms with Gasteiger partial charge in [0.2, 0.25) is 0 Å². The average Bonchev–Trinajstić information content (AvgIpc) is 2.39. The Labute approximate surface area is 125 Å². The van der Waals surface area contributed by atoms with Gasteiger partial charge in [-0.3, -0.25) is 0 Å². The van der Waals surface area contributed by atoms with Crippen LogP contribution in [0, 0.1) is 12.3 Å². The third-order valence-corrected chi connectivity index (χ3v) is 5.33. The van der Waals surface area contributed by atoms with Gasteiger partial charge in [-0.15, -0.1) is 0 Å². The molecule has 1 fully saturated rings. The maximum absolute atomic E-state index is 11.7. The van der Waals surface area contributed by atoms with Crippen molar-refractivity contribution in [3.8, 4) is 0 Å². The predicted octanol–water partition coefficient (Wildman–Crippen LogP) is 3.73. The average molecular weight is 293 g/mol. The number of carbonyl (C=O) groups excluding carboxylic acids is 1. The van der Waals surface area contributed by atoms with Gasteiger partial charge in [-0.2, -0.15) is 11.8 Å². The van der Waals surface area contributed by atoms with Crippen LogP contribution >= 0.6 is 11.8 Å². The van der Waals surface area contributed by atoms with E-state index in [0.717, 1.165) is 23.4 Å². The van der Waals surface area contributed by atoms with Gasteiger partial charge in [0.15, 0.2) is 0 Å². The molecule has 1 aromatic carbocycles. The molecule has 0 aromatic heterocycles. The number of nitrogens with one attached hydrogen (secondary N) is 1. The first-order chi connectivity index (χ1) is 9.43. The minimum Gasteiger partial charge on any atom is -0.465 e. The summed E-state index contributed by atoms with van der Waals surface area (Å²) in [5.74, 6) is 2.06. The summed E-state index contributed by atoms with van der Waals surface area (Å²) in [4.78, 5) is 11.7. The number of rotatable bonds is 3. The van der Waals surface area contributed by atoms with Crippen molar-refractivity contribution in [2.75, 3.05) is 23.9 Å². The monoisotopic (exact) mass is 293 g/mol. The van der Waals surface area contributed by atoms with Gasteiger partial charge in [-0.25, -0.2) is 4.79 Å². The Morgan fingerprint density at radius 2 is 2.20 bits per heavy atom. The van der Waals surface area contributed by atoms with Gasteiger partial charge in [0.05, 0.1) is 12.7 Å². The van der Waals surface area contributed by atoms with Crippen LogP contribution in [0.5, 0.6) is 0 Å². The molecule has 1 atom stereocenters. The molecule has 1 heterocycles. The Bertz CT molecular complexity index is 499. The van der Waals surface area contributed by atoms with E-state index < -0.39 is 0 Å². The second kappa shape index (κ2) is 6.08. The van der Waals surface area contributed by atoms with E-state index in [-0.39, 0.29) is 5.97 Å². The Morgan fingerprint density at radius 1 is 1.45 bits per heavy atom. The van der Waals surface area contributed by atoms with Crippen molar-refractivity contribution in [1.29, 1.82) is 0 Å². The molecule has 0 bridgehead atoms. The number of ether oxygens (including phenoxy) is 1. The molecule has 3 nitrogen and oxygen atoms in total. The zero-order valence-electron chi connectivity index (χ0n) is 12.7. The molecule has 0 aliphatic carbocycles. The van der Waals surface area contributed by atoms with E-state index in [1.807, 2.05) is 36.9 Å². The molecule has 2 rings (SSSR count). The van der Waals surface area contributed by atoms with Crippen molar-refractivity contribution in [3.63, 3.8) is 0 Å². The Balaban J connectivity index is 2.15. The molecule has 0 saturated carbocycles. The number of hydrogen-bond acceptors (Lipinski definition) is 4. The highest BCUT2D eigenvalue weighted by Gasteiger charge is 2.28. The van der Waals surface area contributed by atoms with Crippen LogP contribution in [0.3, 0.4) is 0 Å². The van der Waals surface area contributed by atoms with Gasteiger partial charge in [0.25, 0.3) is 0 Å². The van der Waals surface area contributed by atoms with Crippen LogP contribution in [-0.2, 0) is 4.74 Å². The Morgan fingerprint density at radius 3 is 2.85 bits per heavy atom. The standard InChI is InChI=1S/C16H23NO2S/c1-11-13(15(18)19-4)6-5-7-14(11)17-12-8-16(2,3)10-20-9-12/h5-7,12,17H,8-10H2,1-4H3. The molecular weight excluding hydrogens is 270 g/mol. The minimum atomic E-state index is -0.274. The number of esters is 1. The second-order valence-corrected chi connectivity index (χ2v) is 7.22. The van der Waals surface area contributed by atoms with Gasteiger partial charge < -0.3 is 10.1 Å². The van der Waals surface area contributed by atoms with Gasteiger partial charge in [-0.05, 0) is 42.2 Å². The molecule has 1 aliphatic rings. The van der Waals surface area contributed by atoms with Gasteiger partial charge in [-0.1, -0.05) is 19.9 Å². The molecule has 1 N–H and O–H groups in total. The SMILES string of the molecule is COC(=O)c1cccc(NC2CSCC(C)(C)C2)c1C. The van der Waals surface area contributed by atoms with Crippen molar-refractivity contribution in [1.82, 2.24) is 0 Å². The fraction of sp³-hybridized carbons (Fsp3) is 0.562. The molecule has 4 heteroatoms. The van der Waals surface area contributed by atoms with E-state index >= 15 is 0 Å². The molecular formula is C16H23NO2S. The number of anilines is 1. The van der Waals surface area contributed by atoms with Gasteiger partial charge in [0, 0.05) is 17.5 Å². The maximum atomic E-state index is 11.7. The van der Waals surface area contributed by atoms with Crippen LogP contribution in [-0.4, -0.2) is 30.6 Å². The largest absolute Gasteiger partial charge is 0.465 e. The Kier molecular flexibility index (Phi) is 4.63. The fourth-order valence-corrected chi connectivity index (χ4v) is 3.97. The summed E-state index contributed by atoms with van der Waals surface area (Å²) in [6.45, 7) is 6.59. The molecule has 1 aromatic rings. The summed E-state index contributed by atoms with van der Waals surface area (Å²) in [7, 11) is 1.42. The van der Waals surface area contributed by atoms with E-state index in [0.29, 0.717) is 17.0 Å². The number of carbonyl (C=O) groups is 1. The fourth-order valence-electron chi connectivity index (χ4n) is 2.70. The minimum absolute atomic E-state index is 0.274. The third-order valence-electron chi connectivity index (χ3n) is 3.71. The normalized spacial score (nSPS) is 21.3. The molecule has 0 spiro atoms. The van der Waals surface area contributed by atoms with Crippen molar-refractivity contribution in [3.05, 3.63) is 29.3 Å². The lowest BCUT2D eigenvalue weighted by atomic mass is 9.87. The smallest absolute Gasteiger partial charge is 0.338 e. The molecule has 110 valence electrons. The highest BCUT2D eigenvalue weighted by molar-refractivity contribution is 7.99. The van der Waals surface area contributed by atoms with Crippen LogP contribution in [0.15, 0.2) is 18.2 Å². The van der Waals surface area contributed by atoms with E-state index in [9.17, 15) is 4.79 Å². The van der Waals surface area contributed by atoms with Crippen LogP contribution in [0.2, 0.25) is 0 Å². The zero-order valence-corrected chi connectivity index (χ0v) is 13.5. The zero-order chi connectivity index (χ0) is 14.8. The summed E-state index contributed by atoms with van der Waals surface area (Å²) in [5, 5.41) is 3.60. The van der Waals surface area contributed by atoms with Crippen LogP contribution in [0.25, 0.3) is 0 Å². The van der Waals surface area contributed by atoms with Crippen LogP contribution in [0.4, 0.5) is 5.69 Å². The van der Waals surface area contributed by atoms with Gasteiger partial charge in [0.1, 0.15) is 0 Å². The lowest BCUT2D eigenvalue weighted by Gasteiger charge is -2.36. The van der Waals surface area contributed by atoms with E-state index in [4.69, 9.17) is 4.74 Å². The summed E-state index contributed by atoms with van der Waals surface area (Å²) in [6, 6.07) is 6.21. The molecule has 1 unspecified atom stereocenters. The number of hydrogen-bond donors (Lipinski definition) is 1. The topological polar surface area (TPSA) is 38.3 Å². The lowest BCUT2D eigenvalue weighted by molar-refractivity contribution is 0.0600. The van der Waals surface area contributed by atoms with Crippen molar-refractivity contribution in [2.45, 2.75) is 33.2 Å². The maximum Gasteiger partial charge on any atom is 0.338 e. The van der Waals surface area contributed by atoms with Crippen LogP contribution < -0.4 is 5.32 Å². The summed E-state index contributed by atoms with van der Waals surface area (Å²) in [6.07, 6.45) is 1.15. The van der Waals surface area contributed by atoms with E-state index in [2.05, 4.69) is 19.2 Å². The van der Waals surface area contributed by atoms with E-state index in [1.165, 1.54) is 12.9 Å². The number of thioether (sulfide) groups is 1. The molecule has 1 saturated heterocycles. The number of methoxy groups -OCH3 is 1. The molecule has 0 amide bonds. The highest BCUT2D eigenvalue weighted by atomic mass is 32.2. The predicted molar refractivity (Wildman–Crippen MR) is 85.7 cm³/mol. The molecule has 0 radical (unpaired) electrons. The summed E-state index contributed by atoms with van der Waals surface area (Å²) in [5.41, 5.74) is 3.01. The van der Waals surface area contributed by atoms with Crippen LogP contribution in [0.1, 0.15) is 36.2 Å². The van der Waals surface area contributed by atoms with Crippen molar-refractivity contribution < 1.29 is 9.53 Å². The van der Waals surface area contributed by atoms with E-state index in [1.54, 1.807) is 0 Å². The molecule has 20 heavy (non-hydrogen) atoms. The quantitative estimate of drug-likeness (QED) is 0.862. The lowest BCUT2D eigenvalue weighted by Crippen LogP contribution is -2.35. The first kappa shape index (κ1) is 15.2. The van der Waals surface area contributed by atoms with Gasteiger partial charge >= 0.3 is 5.97 Å². The second-order valence-electron chi connectivity index (χ2n) is 6.19.